The summed E-state index contributed by atoms with van der Waals surface area (Å²) in [6.45, 7) is 0. The van der Waals surface area contributed by atoms with Crippen molar-refractivity contribution in [3.8, 4) is 5.75 Å². The largest absolute Gasteiger partial charge is 1.00 e. The van der Waals surface area contributed by atoms with Crippen LogP contribution in [-0.2, 0) is 0 Å². The SMILES string of the molecule is Oc1cc(Cl)c(Cl)cc1Cl.[H-].[Na+]. The summed E-state index contributed by atoms with van der Waals surface area (Å²) in [6, 6.07) is 2.69. The molecule has 0 aliphatic heterocycles. The topological polar surface area (TPSA) is 20.2 Å². The summed E-state index contributed by atoms with van der Waals surface area (Å²) in [5.74, 6) is -0.0592. The van der Waals surface area contributed by atoms with Gasteiger partial charge in [0.25, 0.3) is 0 Å². The van der Waals surface area contributed by atoms with Crippen LogP contribution in [0.25, 0.3) is 0 Å². The molecule has 1 nitrogen and oxygen atoms in total. The molecule has 0 atom stereocenters. The van der Waals surface area contributed by atoms with Gasteiger partial charge in [0.15, 0.2) is 0 Å². The smallest absolute Gasteiger partial charge is 1.00 e. The molecule has 1 aromatic rings. The van der Waals surface area contributed by atoms with Crippen molar-refractivity contribution in [2.75, 3.05) is 0 Å². The maximum Gasteiger partial charge on any atom is 1.00 e. The fourth-order valence-electron chi connectivity index (χ4n) is 0.512. The minimum absolute atomic E-state index is 0. The Labute approximate surface area is 103 Å². The molecule has 0 aliphatic rings. The Kier molecular flexibility index (Phi) is 5.19. The molecular weight excluding hydrogens is 217 g/mol. The van der Waals surface area contributed by atoms with Gasteiger partial charge in [0, 0.05) is 6.07 Å². The van der Waals surface area contributed by atoms with E-state index in [2.05, 4.69) is 0 Å². The molecular formula is C6H4Cl3NaO. The molecule has 1 aromatic carbocycles. The summed E-state index contributed by atoms with van der Waals surface area (Å²) in [5, 5.41) is 9.79. The van der Waals surface area contributed by atoms with Gasteiger partial charge in [0.2, 0.25) is 0 Å². The van der Waals surface area contributed by atoms with Gasteiger partial charge in [-0.05, 0) is 6.07 Å². The fourth-order valence-corrected chi connectivity index (χ4v) is 1.05. The van der Waals surface area contributed by atoms with Crippen LogP contribution >= 0.6 is 34.8 Å². The Morgan fingerprint density at radius 3 is 1.91 bits per heavy atom. The molecule has 0 bridgehead atoms. The van der Waals surface area contributed by atoms with Gasteiger partial charge in [0.05, 0.1) is 15.1 Å². The van der Waals surface area contributed by atoms with E-state index in [1.807, 2.05) is 0 Å². The molecule has 0 radical (unpaired) electrons. The van der Waals surface area contributed by atoms with E-state index in [1.165, 1.54) is 12.1 Å². The van der Waals surface area contributed by atoms with Crippen LogP contribution in [0.15, 0.2) is 12.1 Å². The number of halogens is 3. The number of phenols is 1. The normalized spacial score (nSPS) is 9.00. The predicted molar refractivity (Wildman–Crippen MR) is 44.2 cm³/mol. The Hall–Kier alpha value is 0.890. The van der Waals surface area contributed by atoms with Crippen LogP contribution in [0.1, 0.15) is 1.43 Å². The van der Waals surface area contributed by atoms with Crippen LogP contribution in [0, 0.1) is 0 Å². The molecule has 0 spiro atoms. The third-order valence-electron chi connectivity index (χ3n) is 0.990. The van der Waals surface area contributed by atoms with Crippen LogP contribution < -0.4 is 29.6 Å². The molecule has 0 saturated carbocycles. The average molecular weight is 221 g/mol. The van der Waals surface area contributed by atoms with Crippen molar-refractivity contribution < 1.29 is 36.1 Å². The monoisotopic (exact) mass is 220 g/mol. The molecule has 0 aliphatic carbocycles. The molecule has 56 valence electrons. The molecule has 5 heteroatoms. The fraction of sp³-hybridized carbons (Fsp3) is 0. The molecule has 0 amide bonds. The van der Waals surface area contributed by atoms with Crippen molar-refractivity contribution in [2.24, 2.45) is 0 Å². The van der Waals surface area contributed by atoms with Crippen LogP contribution in [0.2, 0.25) is 15.1 Å². The molecule has 0 saturated heterocycles. The number of aromatic hydroxyl groups is 1. The maximum absolute atomic E-state index is 8.95. The van der Waals surface area contributed by atoms with Gasteiger partial charge in [-0.2, -0.15) is 0 Å². The second-order valence-electron chi connectivity index (χ2n) is 1.72. The predicted octanol–water partition coefficient (Wildman–Crippen LogP) is 0.469. The third kappa shape index (κ3) is 3.02. The van der Waals surface area contributed by atoms with E-state index in [9.17, 15) is 0 Å². The number of phenolic OH excluding ortho intramolecular Hbond substituents is 1. The van der Waals surface area contributed by atoms with E-state index < -0.39 is 0 Å². The first-order valence-corrected chi connectivity index (χ1v) is 3.58. The molecule has 1 rings (SSSR count). The first-order chi connectivity index (χ1) is 4.61. The number of benzene rings is 1. The Bertz CT molecular complexity index is 219. The second-order valence-corrected chi connectivity index (χ2v) is 2.94. The van der Waals surface area contributed by atoms with Gasteiger partial charge in [0.1, 0.15) is 5.75 Å². The van der Waals surface area contributed by atoms with E-state index in [1.54, 1.807) is 0 Å². The van der Waals surface area contributed by atoms with Crippen molar-refractivity contribution in [1.82, 2.24) is 0 Å². The zero-order valence-corrected chi connectivity index (χ0v) is 10.0. The summed E-state index contributed by atoms with van der Waals surface area (Å²) in [7, 11) is 0. The van der Waals surface area contributed by atoms with E-state index in [0.717, 1.165) is 0 Å². The van der Waals surface area contributed by atoms with Gasteiger partial charge in [-0.1, -0.05) is 34.8 Å². The van der Waals surface area contributed by atoms with Crippen molar-refractivity contribution in [3.05, 3.63) is 27.2 Å². The van der Waals surface area contributed by atoms with E-state index >= 15 is 0 Å². The van der Waals surface area contributed by atoms with Crippen molar-refractivity contribution in [1.29, 1.82) is 0 Å². The Morgan fingerprint density at radius 1 is 1.00 bits per heavy atom. The standard InChI is InChI=1S/C6H3Cl3O.Na.H/c7-3-1-5(9)6(10)2-4(3)8;;/h1-2,10H;;/q;+1;-1. The third-order valence-corrected chi connectivity index (χ3v) is 2.01. The summed E-state index contributed by atoms with van der Waals surface area (Å²) in [5.41, 5.74) is 0. The van der Waals surface area contributed by atoms with Crippen LogP contribution in [-0.4, -0.2) is 5.11 Å². The van der Waals surface area contributed by atoms with Gasteiger partial charge in [-0.25, -0.2) is 0 Å². The molecule has 11 heavy (non-hydrogen) atoms. The molecule has 0 fully saturated rings. The Morgan fingerprint density at radius 2 is 1.45 bits per heavy atom. The number of hydrogen-bond acceptors (Lipinski definition) is 1. The van der Waals surface area contributed by atoms with Crippen LogP contribution in [0.4, 0.5) is 0 Å². The van der Waals surface area contributed by atoms with E-state index in [4.69, 9.17) is 39.9 Å². The average Bonchev–Trinajstić information content (AvgIpc) is 1.84. The van der Waals surface area contributed by atoms with Crippen LogP contribution in [0.5, 0.6) is 5.75 Å². The summed E-state index contributed by atoms with van der Waals surface area (Å²) < 4.78 is 0. The van der Waals surface area contributed by atoms with Gasteiger partial charge in [-0.15, -0.1) is 0 Å². The molecule has 0 heterocycles. The summed E-state index contributed by atoms with van der Waals surface area (Å²) >= 11 is 16.6. The summed E-state index contributed by atoms with van der Waals surface area (Å²) in [4.78, 5) is 0. The molecule has 0 unspecified atom stereocenters. The second kappa shape index (κ2) is 4.80. The molecule has 0 aromatic heterocycles. The van der Waals surface area contributed by atoms with E-state index in [0.29, 0.717) is 10.0 Å². The number of rotatable bonds is 0. The minimum Gasteiger partial charge on any atom is -1.00 e. The maximum atomic E-state index is 8.95. The zero-order chi connectivity index (χ0) is 7.72. The number of hydrogen-bond donors (Lipinski definition) is 1. The molecule has 1 N–H and O–H groups in total. The van der Waals surface area contributed by atoms with Gasteiger partial charge < -0.3 is 6.53 Å². The van der Waals surface area contributed by atoms with Gasteiger partial charge >= 0.3 is 29.6 Å². The van der Waals surface area contributed by atoms with E-state index in [-0.39, 0.29) is 41.8 Å². The Balaban J connectivity index is 0. The van der Waals surface area contributed by atoms with Gasteiger partial charge in [-0.3, -0.25) is 0 Å². The summed E-state index contributed by atoms with van der Waals surface area (Å²) in [6.07, 6.45) is 0. The van der Waals surface area contributed by atoms with Crippen LogP contribution in [0.3, 0.4) is 0 Å². The minimum atomic E-state index is -0.0592. The quantitative estimate of drug-likeness (QED) is 0.499. The van der Waals surface area contributed by atoms with Crippen molar-refractivity contribution >= 4 is 34.8 Å². The first-order valence-electron chi connectivity index (χ1n) is 2.45. The van der Waals surface area contributed by atoms with Crippen molar-refractivity contribution in [3.63, 3.8) is 0 Å². The first kappa shape index (κ1) is 11.9. The van der Waals surface area contributed by atoms with Crippen molar-refractivity contribution in [2.45, 2.75) is 0 Å². The zero-order valence-electron chi connectivity index (χ0n) is 6.74.